The molecule has 0 aliphatic heterocycles. The second-order valence-corrected chi connectivity index (χ2v) is 7.63. The molecule has 1 atom stereocenters. The maximum absolute atomic E-state index is 12.3. The Bertz CT molecular complexity index is 697. The summed E-state index contributed by atoms with van der Waals surface area (Å²) < 4.78 is 5.15. The second-order valence-electron chi connectivity index (χ2n) is 6.09. The van der Waals surface area contributed by atoms with Crippen molar-refractivity contribution in [3.63, 3.8) is 0 Å². The van der Waals surface area contributed by atoms with E-state index in [9.17, 15) is 4.79 Å². The number of carbonyl (C=O) groups excluding carboxylic acids is 1. The number of nitrogens with zero attached hydrogens (tertiary/aromatic N) is 1. The van der Waals surface area contributed by atoms with Gasteiger partial charge in [0.15, 0.2) is 5.60 Å². The number of alkyl halides is 2. The van der Waals surface area contributed by atoms with Gasteiger partial charge in [-0.3, -0.25) is 10.1 Å². The van der Waals surface area contributed by atoms with Crippen molar-refractivity contribution < 1.29 is 9.53 Å². The minimum absolute atomic E-state index is 0.162. The summed E-state index contributed by atoms with van der Waals surface area (Å²) in [6, 6.07) is 7.49. The van der Waals surface area contributed by atoms with Crippen LogP contribution in [-0.4, -0.2) is 25.8 Å². The van der Waals surface area contributed by atoms with E-state index in [1.54, 1.807) is 26.2 Å². The SMILES string of the molecule is CC(C)(Oc1ccc([C@H]2CC2(Cl)Cl)cc1)C(=O)Nc1ncc[nH]1. The molecule has 0 spiro atoms. The lowest BCUT2D eigenvalue weighted by Crippen LogP contribution is -2.42. The van der Waals surface area contributed by atoms with Crippen LogP contribution in [0.25, 0.3) is 0 Å². The molecule has 2 N–H and O–H groups in total. The van der Waals surface area contributed by atoms with Gasteiger partial charge >= 0.3 is 0 Å². The van der Waals surface area contributed by atoms with Crippen molar-refractivity contribution in [3.8, 4) is 5.75 Å². The molecule has 0 unspecified atom stereocenters. The van der Waals surface area contributed by atoms with E-state index in [-0.39, 0.29) is 11.8 Å². The summed E-state index contributed by atoms with van der Waals surface area (Å²) in [5, 5.41) is 2.67. The third-order valence-corrected chi connectivity index (χ3v) is 4.59. The second kappa shape index (κ2) is 5.73. The average Bonchev–Trinajstić information content (AvgIpc) is 2.87. The number of carbonyl (C=O) groups is 1. The predicted molar refractivity (Wildman–Crippen MR) is 90.2 cm³/mol. The standard InChI is InChI=1S/C16H17Cl2N3O2/c1-15(2,13(22)21-14-19-7-8-20-14)23-11-5-3-10(4-6-11)12-9-16(12,17)18/h3-8,12H,9H2,1-2H3,(H2,19,20,21,22)/t12-/m1/s1. The normalized spacial score (nSPS) is 19.2. The largest absolute Gasteiger partial charge is 0.478 e. The van der Waals surface area contributed by atoms with Gasteiger partial charge in [0.1, 0.15) is 10.1 Å². The summed E-state index contributed by atoms with van der Waals surface area (Å²) in [6.45, 7) is 3.39. The first-order chi connectivity index (χ1) is 10.8. The molecule has 122 valence electrons. The fourth-order valence-electron chi connectivity index (χ4n) is 2.28. The summed E-state index contributed by atoms with van der Waals surface area (Å²) >= 11 is 12.1. The van der Waals surface area contributed by atoms with Gasteiger partial charge in [-0.15, -0.1) is 23.2 Å². The van der Waals surface area contributed by atoms with Crippen LogP contribution in [0.4, 0.5) is 5.95 Å². The van der Waals surface area contributed by atoms with Crippen molar-refractivity contribution in [1.29, 1.82) is 0 Å². The first-order valence-electron chi connectivity index (χ1n) is 7.25. The Kier molecular flexibility index (Phi) is 4.02. The lowest BCUT2D eigenvalue weighted by Gasteiger charge is -2.24. The van der Waals surface area contributed by atoms with Gasteiger partial charge in [0.05, 0.1) is 0 Å². The van der Waals surface area contributed by atoms with E-state index in [4.69, 9.17) is 27.9 Å². The zero-order chi connectivity index (χ0) is 16.7. The monoisotopic (exact) mass is 353 g/mol. The molecule has 0 radical (unpaired) electrons. The predicted octanol–water partition coefficient (Wildman–Crippen LogP) is 3.87. The molecule has 5 nitrogen and oxygen atoms in total. The molecule has 1 saturated carbocycles. The maximum Gasteiger partial charge on any atom is 0.270 e. The molecule has 1 aliphatic carbocycles. The van der Waals surface area contributed by atoms with E-state index in [2.05, 4.69) is 15.3 Å². The zero-order valence-corrected chi connectivity index (χ0v) is 14.3. The van der Waals surface area contributed by atoms with Gasteiger partial charge in [0.25, 0.3) is 5.91 Å². The van der Waals surface area contributed by atoms with Crippen LogP contribution in [-0.2, 0) is 4.79 Å². The number of H-pyrrole nitrogens is 1. The molecule has 1 fully saturated rings. The highest BCUT2D eigenvalue weighted by Crippen LogP contribution is 2.59. The third kappa shape index (κ3) is 3.62. The Hall–Kier alpha value is -1.72. The zero-order valence-electron chi connectivity index (χ0n) is 12.8. The van der Waals surface area contributed by atoms with Crippen molar-refractivity contribution in [2.45, 2.75) is 36.1 Å². The van der Waals surface area contributed by atoms with Crippen LogP contribution in [0.15, 0.2) is 36.7 Å². The molecular weight excluding hydrogens is 337 g/mol. The molecule has 23 heavy (non-hydrogen) atoms. The Morgan fingerprint density at radius 1 is 1.39 bits per heavy atom. The summed E-state index contributed by atoms with van der Waals surface area (Å²) in [6.07, 6.45) is 3.95. The molecule has 1 aliphatic rings. The summed E-state index contributed by atoms with van der Waals surface area (Å²) in [5.41, 5.74) is 0.0246. The molecule has 2 aromatic rings. The lowest BCUT2D eigenvalue weighted by molar-refractivity contribution is -0.128. The number of benzene rings is 1. The number of anilines is 1. The molecule has 0 saturated heterocycles. The fraction of sp³-hybridized carbons (Fsp3) is 0.375. The number of aromatic nitrogens is 2. The van der Waals surface area contributed by atoms with E-state index in [0.29, 0.717) is 11.7 Å². The molecule has 7 heteroatoms. The van der Waals surface area contributed by atoms with Crippen molar-refractivity contribution in [3.05, 3.63) is 42.2 Å². The summed E-state index contributed by atoms with van der Waals surface area (Å²) in [7, 11) is 0. The number of ether oxygens (including phenoxy) is 1. The number of hydrogen-bond acceptors (Lipinski definition) is 3. The van der Waals surface area contributed by atoms with Gasteiger partial charge in [-0.05, 0) is 38.0 Å². The van der Waals surface area contributed by atoms with Crippen LogP contribution in [0.3, 0.4) is 0 Å². The highest BCUT2D eigenvalue weighted by atomic mass is 35.5. The van der Waals surface area contributed by atoms with Crippen LogP contribution >= 0.6 is 23.2 Å². The van der Waals surface area contributed by atoms with Crippen LogP contribution in [0.5, 0.6) is 5.75 Å². The first-order valence-corrected chi connectivity index (χ1v) is 8.01. The summed E-state index contributed by atoms with van der Waals surface area (Å²) in [4.78, 5) is 19.1. The number of nitrogens with one attached hydrogen (secondary N) is 2. The van der Waals surface area contributed by atoms with Gasteiger partial charge in [-0.2, -0.15) is 0 Å². The highest BCUT2D eigenvalue weighted by Gasteiger charge is 2.52. The van der Waals surface area contributed by atoms with Gasteiger partial charge in [-0.1, -0.05) is 12.1 Å². The molecule has 0 bridgehead atoms. The first kappa shape index (κ1) is 16.1. The number of rotatable bonds is 5. The van der Waals surface area contributed by atoms with E-state index in [1.807, 2.05) is 24.3 Å². The Balaban J connectivity index is 1.64. The van der Waals surface area contributed by atoms with Gasteiger partial charge < -0.3 is 9.72 Å². The average molecular weight is 354 g/mol. The highest BCUT2D eigenvalue weighted by molar-refractivity contribution is 6.51. The molecule has 1 heterocycles. The van der Waals surface area contributed by atoms with Crippen molar-refractivity contribution in [2.75, 3.05) is 5.32 Å². The Morgan fingerprint density at radius 3 is 2.57 bits per heavy atom. The van der Waals surface area contributed by atoms with Crippen molar-refractivity contribution >= 4 is 35.1 Å². The van der Waals surface area contributed by atoms with Crippen molar-refractivity contribution in [2.24, 2.45) is 0 Å². The number of hydrogen-bond donors (Lipinski definition) is 2. The number of halogens is 2. The number of aromatic amines is 1. The molecule has 1 aromatic carbocycles. The van der Waals surface area contributed by atoms with E-state index >= 15 is 0 Å². The molecular formula is C16H17Cl2N3O2. The molecule has 1 aromatic heterocycles. The van der Waals surface area contributed by atoms with Crippen molar-refractivity contribution in [1.82, 2.24) is 9.97 Å². The minimum atomic E-state index is -1.05. The number of amides is 1. The Morgan fingerprint density at radius 2 is 2.04 bits per heavy atom. The number of imidazole rings is 1. The van der Waals surface area contributed by atoms with Crippen LogP contribution in [0.2, 0.25) is 0 Å². The van der Waals surface area contributed by atoms with E-state index in [1.165, 1.54) is 0 Å². The topological polar surface area (TPSA) is 67.0 Å². The van der Waals surface area contributed by atoms with E-state index < -0.39 is 9.93 Å². The van der Waals surface area contributed by atoms with Gasteiger partial charge in [0.2, 0.25) is 5.95 Å². The van der Waals surface area contributed by atoms with Crippen LogP contribution in [0, 0.1) is 0 Å². The minimum Gasteiger partial charge on any atom is -0.478 e. The third-order valence-electron chi connectivity index (χ3n) is 3.76. The molecule has 3 rings (SSSR count). The smallest absolute Gasteiger partial charge is 0.270 e. The Labute approximate surface area is 144 Å². The summed E-state index contributed by atoms with van der Waals surface area (Å²) in [5.74, 6) is 0.856. The quantitative estimate of drug-likeness (QED) is 0.801. The fourth-order valence-corrected chi connectivity index (χ4v) is 2.84. The maximum atomic E-state index is 12.3. The van der Waals surface area contributed by atoms with Crippen LogP contribution < -0.4 is 10.1 Å². The van der Waals surface area contributed by atoms with Gasteiger partial charge in [-0.25, -0.2) is 4.98 Å². The lowest BCUT2D eigenvalue weighted by atomic mass is 10.1. The van der Waals surface area contributed by atoms with Gasteiger partial charge in [0, 0.05) is 18.3 Å². The van der Waals surface area contributed by atoms with Crippen LogP contribution in [0.1, 0.15) is 31.7 Å². The van der Waals surface area contributed by atoms with E-state index in [0.717, 1.165) is 12.0 Å². The molecule has 1 amide bonds.